The molecule has 1 aromatic heterocycles. The fourth-order valence-electron chi connectivity index (χ4n) is 4.23. The van der Waals surface area contributed by atoms with Crippen LogP contribution in [-0.4, -0.2) is 28.1 Å². The Hall–Kier alpha value is -4.26. The molecule has 0 radical (unpaired) electrons. The first-order valence-corrected chi connectivity index (χ1v) is 10.8. The predicted octanol–water partition coefficient (Wildman–Crippen LogP) is 4.07. The number of aryl methyl sites for hydroxylation is 1. The minimum absolute atomic E-state index is 0.119. The lowest BCUT2D eigenvalue weighted by Crippen LogP contribution is -2.26. The van der Waals surface area contributed by atoms with E-state index in [9.17, 15) is 14.4 Å². The summed E-state index contributed by atoms with van der Waals surface area (Å²) in [5.41, 5.74) is 2.80. The molecule has 0 aliphatic carbocycles. The number of carbonyl (C=O) groups is 2. The smallest absolute Gasteiger partial charge is 0.279 e. The van der Waals surface area contributed by atoms with Crippen LogP contribution >= 0.6 is 0 Å². The van der Waals surface area contributed by atoms with Crippen LogP contribution in [0.2, 0.25) is 0 Å². The minimum atomic E-state index is -0.416. The zero-order valence-electron chi connectivity index (χ0n) is 18.1. The third kappa shape index (κ3) is 3.78. The molecule has 0 unspecified atom stereocenters. The first kappa shape index (κ1) is 20.6. The molecule has 0 spiro atoms. The predicted molar refractivity (Wildman–Crippen MR) is 128 cm³/mol. The van der Waals surface area contributed by atoms with E-state index in [1.165, 1.54) is 4.68 Å². The van der Waals surface area contributed by atoms with Crippen LogP contribution in [0.15, 0.2) is 77.6 Å². The van der Waals surface area contributed by atoms with Crippen LogP contribution in [0, 0.1) is 6.92 Å². The molecule has 164 valence electrons. The fraction of sp³-hybridized carbons (Fsp3) is 0.154. The van der Waals surface area contributed by atoms with Crippen LogP contribution in [0.4, 0.5) is 11.4 Å². The van der Waals surface area contributed by atoms with Crippen molar-refractivity contribution in [3.63, 3.8) is 0 Å². The molecule has 7 heteroatoms. The van der Waals surface area contributed by atoms with E-state index in [4.69, 9.17) is 0 Å². The van der Waals surface area contributed by atoms with E-state index in [2.05, 4.69) is 10.4 Å². The third-order valence-electron chi connectivity index (χ3n) is 5.84. The van der Waals surface area contributed by atoms with E-state index in [1.807, 2.05) is 37.3 Å². The Morgan fingerprint density at radius 3 is 2.36 bits per heavy atom. The standard InChI is InChI=1S/C26H22N4O3/c1-17-16-18(13-14-22(17)29-15-7-12-23(29)31)27-25(32)24-20-10-5-6-11-21(20)26(33)30(28-24)19-8-3-2-4-9-19/h2-6,8-11,13-14,16H,7,12,15H2,1H3,(H,27,32). The molecule has 1 aliphatic rings. The third-order valence-corrected chi connectivity index (χ3v) is 5.84. The lowest BCUT2D eigenvalue weighted by atomic mass is 10.1. The van der Waals surface area contributed by atoms with E-state index < -0.39 is 5.91 Å². The minimum Gasteiger partial charge on any atom is -0.321 e. The molecule has 1 N–H and O–H groups in total. The van der Waals surface area contributed by atoms with Gasteiger partial charge < -0.3 is 10.2 Å². The monoisotopic (exact) mass is 438 g/mol. The second-order valence-corrected chi connectivity index (χ2v) is 8.05. The van der Waals surface area contributed by atoms with Crippen molar-refractivity contribution in [3.05, 3.63) is 94.4 Å². The highest BCUT2D eigenvalue weighted by Gasteiger charge is 2.23. The number of rotatable bonds is 4. The van der Waals surface area contributed by atoms with Gasteiger partial charge in [-0.3, -0.25) is 14.4 Å². The lowest BCUT2D eigenvalue weighted by molar-refractivity contribution is -0.117. The maximum Gasteiger partial charge on any atom is 0.279 e. The van der Waals surface area contributed by atoms with Crippen molar-refractivity contribution in [1.82, 2.24) is 9.78 Å². The van der Waals surface area contributed by atoms with E-state index in [1.54, 1.807) is 47.4 Å². The number of nitrogens with one attached hydrogen (secondary N) is 1. The summed E-state index contributed by atoms with van der Waals surface area (Å²) in [7, 11) is 0. The summed E-state index contributed by atoms with van der Waals surface area (Å²) in [5.74, 6) is -0.297. The highest BCUT2D eigenvalue weighted by Crippen LogP contribution is 2.28. The van der Waals surface area contributed by atoms with Crippen molar-refractivity contribution >= 4 is 34.0 Å². The van der Waals surface area contributed by atoms with Crippen LogP contribution in [-0.2, 0) is 4.79 Å². The number of fused-ring (bicyclic) bond motifs is 1. The van der Waals surface area contributed by atoms with Gasteiger partial charge in [0.2, 0.25) is 5.91 Å². The molecule has 33 heavy (non-hydrogen) atoms. The Morgan fingerprint density at radius 1 is 0.939 bits per heavy atom. The van der Waals surface area contributed by atoms with E-state index in [0.29, 0.717) is 35.1 Å². The van der Waals surface area contributed by atoms with Crippen LogP contribution in [0.25, 0.3) is 16.5 Å². The summed E-state index contributed by atoms with van der Waals surface area (Å²) in [6.45, 7) is 2.63. The van der Waals surface area contributed by atoms with Gasteiger partial charge in [-0.05, 0) is 55.3 Å². The molecule has 4 aromatic rings. The van der Waals surface area contributed by atoms with Crippen LogP contribution in [0.1, 0.15) is 28.9 Å². The van der Waals surface area contributed by atoms with Crippen LogP contribution in [0.5, 0.6) is 0 Å². The number of hydrogen-bond donors (Lipinski definition) is 1. The van der Waals surface area contributed by atoms with Gasteiger partial charge in [-0.15, -0.1) is 0 Å². The molecule has 1 aliphatic heterocycles. The summed E-state index contributed by atoms with van der Waals surface area (Å²) in [4.78, 5) is 40.2. The molecule has 7 nitrogen and oxygen atoms in total. The average Bonchev–Trinajstić information content (AvgIpc) is 3.25. The number of aromatic nitrogens is 2. The topological polar surface area (TPSA) is 84.3 Å². The summed E-state index contributed by atoms with van der Waals surface area (Å²) in [6.07, 6.45) is 1.42. The highest BCUT2D eigenvalue weighted by atomic mass is 16.2. The molecular weight excluding hydrogens is 416 g/mol. The highest BCUT2D eigenvalue weighted by molar-refractivity contribution is 6.11. The quantitative estimate of drug-likeness (QED) is 0.521. The normalized spacial score (nSPS) is 13.5. The summed E-state index contributed by atoms with van der Waals surface area (Å²) < 4.78 is 1.25. The molecule has 5 rings (SSSR count). The zero-order chi connectivity index (χ0) is 22.9. The second-order valence-electron chi connectivity index (χ2n) is 8.05. The molecule has 0 atom stereocenters. The Balaban J connectivity index is 1.52. The number of anilines is 2. The van der Waals surface area contributed by atoms with Crippen molar-refractivity contribution in [2.75, 3.05) is 16.8 Å². The number of amides is 2. The maximum atomic E-state index is 13.3. The van der Waals surface area contributed by atoms with Crippen molar-refractivity contribution in [2.24, 2.45) is 0 Å². The van der Waals surface area contributed by atoms with Gasteiger partial charge in [0.05, 0.1) is 11.1 Å². The number of para-hydroxylation sites is 1. The fourth-order valence-corrected chi connectivity index (χ4v) is 4.23. The summed E-state index contributed by atoms with van der Waals surface area (Å²) in [6, 6.07) is 21.5. The largest absolute Gasteiger partial charge is 0.321 e. The van der Waals surface area contributed by atoms with E-state index >= 15 is 0 Å². The molecule has 0 saturated carbocycles. The van der Waals surface area contributed by atoms with Gasteiger partial charge in [-0.25, -0.2) is 0 Å². The van der Waals surface area contributed by atoms with Crippen molar-refractivity contribution in [1.29, 1.82) is 0 Å². The van der Waals surface area contributed by atoms with Gasteiger partial charge in [-0.2, -0.15) is 9.78 Å². The van der Waals surface area contributed by atoms with E-state index in [-0.39, 0.29) is 17.2 Å². The van der Waals surface area contributed by atoms with Crippen molar-refractivity contribution in [3.8, 4) is 5.69 Å². The Labute approximate surface area is 190 Å². The Morgan fingerprint density at radius 2 is 1.67 bits per heavy atom. The molecule has 1 saturated heterocycles. The molecule has 0 bridgehead atoms. The molecule has 2 amide bonds. The maximum absolute atomic E-state index is 13.3. The van der Waals surface area contributed by atoms with E-state index in [0.717, 1.165) is 17.7 Å². The van der Waals surface area contributed by atoms with Gasteiger partial charge in [0.15, 0.2) is 5.69 Å². The first-order valence-electron chi connectivity index (χ1n) is 10.8. The van der Waals surface area contributed by atoms with Gasteiger partial charge in [0, 0.05) is 29.7 Å². The summed E-state index contributed by atoms with van der Waals surface area (Å²) in [5, 5.41) is 8.22. The van der Waals surface area contributed by atoms with Gasteiger partial charge in [0.25, 0.3) is 11.5 Å². The SMILES string of the molecule is Cc1cc(NC(=O)c2nn(-c3ccccc3)c(=O)c3ccccc23)ccc1N1CCCC1=O. The lowest BCUT2D eigenvalue weighted by Gasteiger charge is -2.19. The summed E-state index contributed by atoms with van der Waals surface area (Å²) >= 11 is 0. The zero-order valence-corrected chi connectivity index (χ0v) is 18.1. The van der Waals surface area contributed by atoms with Gasteiger partial charge >= 0.3 is 0 Å². The van der Waals surface area contributed by atoms with Crippen molar-refractivity contribution in [2.45, 2.75) is 19.8 Å². The number of nitrogens with zero attached hydrogens (tertiary/aromatic N) is 3. The van der Waals surface area contributed by atoms with Crippen molar-refractivity contribution < 1.29 is 9.59 Å². The van der Waals surface area contributed by atoms with Gasteiger partial charge in [-0.1, -0.05) is 36.4 Å². The molecule has 1 fully saturated rings. The first-order chi connectivity index (χ1) is 16.0. The molecule has 2 heterocycles. The molecule has 3 aromatic carbocycles. The Kier molecular flexibility index (Phi) is 5.22. The van der Waals surface area contributed by atoms with Crippen LogP contribution < -0.4 is 15.8 Å². The average molecular weight is 438 g/mol. The number of benzene rings is 3. The Bertz CT molecular complexity index is 1440. The number of carbonyl (C=O) groups excluding carboxylic acids is 2. The molecular formula is C26H22N4O3. The number of hydrogen-bond acceptors (Lipinski definition) is 4. The van der Waals surface area contributed by atoms with Crippen LogP contribution in [0.3, 0.4) is 0 Å². The second kappa shape index (κ2) is 8.35. The van der Waals surface area contributed by atoms with Gasteiger partial charge in [0.1, 0.15) is 0 Å².